The summed E-state index contributed by atoms with van der Waals surface area (Å²) >= 11 is 0. The second-order valence-electron chi connectivity index (χ2n) is 4.16. The predicted octanol–water partition coefficient (Wildman–Crippen LogP) is 1.68. The lowest BCUT2D eigenvalue weighted by Gasteiger charge is -2.07. The van der Waals surface area contributed by atoms with Gasteiger partial charge in [-0.3, -0.25) is 9.48 Å². The van der Waals surface area contributed by atoms with Crippen molar-refractivity contribution in [2.75, 3.05) is 5.32 Å². The number of carbonyl (C=O) groups is 2. The molecule has 0 bridgehead atoms. The molecule has 1 aromatic heterocycles. The molecule has 0 fully saturated rings. The van der Waals surface area contributed by atoms with E-state index in [1.165, 1.54) is 10.9 Å². The Balaban J connectivity index is 2.29. The molecule has 0 spiro atoms. The Kier molecular flexibility index (Phi) is 3.33. The van der Waals surface area contributed by atoms with Crippen LogP contribution in [0, 0.1) is 6.92 Å². The molecule has 0 saturated heterocycles. The Morgan fingerprint density at radius 2 is 2.11 bits per heavy atom. The van der Waals surface area contributed by atoms with Crippen LogP contribution in [0.5, 0.6) is 0 Å². The summed E-state index contributed by atoms with van der Waals surface area (Å²) in [5, 5.41) is 15.4. The Bertz CT molecular complexity index is 646. The fourth-order valence-electron chi connectivity index (χ4n) is 1.71. The van der Waals surface area contributed by atoms with Gasteiger partial charge in [0.2, 0.25) is 0 Å². The molecule has 19 heavy (non-hydrogen) atoms. The van der Waals surface area contributed by atoms with Crippen LogP contribution in [-0.2, 0) is 7.05 Å². The number of benzene rings is 1. The highest BCUT2D eigenvalue weighted by Gasteiger charge is 2.17. The lowest BCUT2D eigenvalue weighted by Crippen LogP contribution is -2.16. The van der Waals surface area contributed by atoms with Gasteiger partial charge in [-0.25, -0.2) is 4.79 Å². The van der Waals surface area contributed by atoms with Crippen LogP contribution in [0.2, 0.25) is 0 Å². The fraction of sp³-hybridized carbons (Fsp3) is 0.154. The molecular formula is C13H13N3O3. The molecule has 2 rings (SSSR count). The third-order valence-electron chi connectivity index (χ3n) is 2.68. The molecule has 1 heterocycles. The SMILES string of the molecule is Cc1cccc(C(=O)Nc2c(C(=O)O)cnn2C)c1. The number of carboxylic acids is 1. The number of anilines is 1. The van der Waals surface area contributed by atoms with Crippen molar-refractivity contribution in [3.05, 3.63) is 47.2 Å². The van der Waals surface area contributed by atoms with E-state index in [0.29, 0.717) is 5.56 Å². The van der Waals surface area contributed by atoms with Crippen molar-refractivity contribution in [3.63, 3.8) is 0 Å². The molecular weight excluding hydrogens is 246 g/mol. The average molecular weight is 259 g/mol. The normalized spacial score (nSPS) is 10.2. The number of nitrogens with one attached hydrogen (secondary N) is 1. The number of aromatic nitrogens is 2. The molecule has 0 aliphatic carbocycles. The van der Waals surface area contributed by atoms with Crippen molar-refractivity contribution < 1.29 is 14.7 Å². The van der Waals surface area contributed by atoms with E-state index in [2.05, 4.69) is 10.4 Å². The summed E-state index contributed by atoms with van der Waals surface area (Å²) < 4.78 is 1.32. The summed E-state index contributed by atoms with van der Waals surface area (Å²) in [5.74, 6) is -1.33. The second kappa shape index (κ2) is 4.93. The molecule has 0 radical (unpaired) electrons. The van der Waals surface area contributed by atoms with E-state index in [9.17, 15) is 9.59 Å². The number of rotatable bonds is 3. The van der Waals surface area contributed by atoms with Crippen molar-refractivity contribution in [2.45, 2.75) is 6.92 Å². The zero-order valence-electron chi connectivity index (χ0n) is 10.5. The van der Waals surface area contributed by atoms with Crippen LogP contribution in [0.25, 0.3) is 0 Å². The smallest absolute Gasteiger partial charge is 0.341 e. The molecule has 2 aromatic rings. The first-order valence-corrected chi connectivity index (χ1v) is 5.62. The van der Waals surface area contributed by atoms with E-state index in [1.54, 1.807) is 25.2 Å². The number of nitrogens with zero attached hydrogens (tertiary/aromatic N) is 2. The molecule has 6 nitrogen and oxygen atoms in total. The lowest BCUT2D eigenvalue weighted by atomic mass is 10.1. The van der Waals surface area contributed by atoms with Gasteiger partial charge in [-0.2, -0.15) is 5.10 Å². The largest absolute Gasteiger partial charge is 0.477 e. The third kappa shape index (κ3) is 2.62. The summed E-state index contributed by atoms with van der Waals surface area (Å²) in [6.07, 6.45) is 1.20. The summed E-state index contributed by atoms with van der Waals surface area (Å²) in [5.41, 5.74) is 1.39. The standard InChI is InChI=1S/C13H13N3O3/c1-8-4-3-5-9(6-8)12(17)15-11-10(13(18)19)7-14-16(11)2/h3-7H,1-2H3,(H,15,17)(H,18,19). The Hall–Kier alpha value is -2.63. The van der Waals surface area contributed by atoms with Gasteiger partial charge in [-0.15, -0.1) is 0 Å². The Morgan fingerprint density at radius 1 is 1.37 bits per heavy atom. The second-order valence-corrected chi connectivity index (χ2v) is 4.16. The Morgan fingerprint density at radius 3 is 2.74 bits per heavy atom. The van der Waals surface area contributed by atoms with E-state index in [-0.39, 0.29) is 17.3 Å². The van der Waals surface area contributed by atoms with E-state index in [1.807, 2.05) is 13.0 Å². The highest BCUT2D eigenvalue weighted by atomic mass is 16.4. The molecule has 0 unspecified atom stereocenters. The minimum absolute atomic E-state index is 0.0384. The van der Waals surface area contributed by atoms with Gasteiger partial charge >= 0.3 is 5.97 Å². The van der Waals surface area contributed by atoms with Crippen LogP contribution in [0.1, 0.15) is 26.3 Å². The minimum atomic E-state index is -1.13. The molecule has 1 aromatic carbocycles. The van der Waals surface area contributed by atoms with Gasteiger partial charge in [0.15, 0.2) is 0 Å². The van der Waals surface area contributed by atoms with E-state index in [4.69, 9.17) is 5.11 Å². The third-order valence-corrected chi connectivity index (χ3v) is 2.68. The molecule has 0 aliphatic rings. The number of carboxylic acid groups (broad SMARTS) is 1. The maximum atomic E-state index is 12.0. The number of carbonyl (C=O) groups excluding carboxylic acids is 1. The highest BCUT2D eigenvalue weighted by molar-refractivity contribution is 6.07. The van der Waals surface area contributed by atoms with Crippen LogP contribution in [0.4, 0.5) is 5.82 Å². The van der Waals surface area contributed by atoms with Crippen molar-refractivity contribution in [1.29, 1.82) is 0 Å². The summed E-state index contributed by atoms with van der Waals surface area (Å²) in [6, 6.07) is 7.04. The van der Waals surface area contributed by atoms with E-state index < -0.39 is 5.97 Å². The zero-order chi connectivity index (χ0) is 14.0. The van der Waals surface area contributed by atoms with E-state index in [0.717, 1.165) is 5.56 Å². The fourth-order valence-corrected chi connectivity index (χ4v) is 1.71. The van der Waals surface area contributed by atoms with Crippen molar-refractivity contribution >= 4 is 17.7 Å². The maximum absolute atomic E-state index is 12.0. The first kappa shape index (κ1) is 12.8. The average Bonchev–Trinajstić information content (AvgIpc) is 2.71. The van der Waals surface area contributed by atoms with Gasteiger partial charge in [0, 0.05) is 12.6 Å². The molecule has 0 aliphatic heterocycles. The lowest BCUT2D eigenvalue weighted by molar-refractivity contribution is 0.0698. The summed E-state index contributed by atoms with van der Waals surface area (Å²) in [6.45, 7) is 1.88. The summed E-state index contributed by atoms with van der Waals surface area (Å²) in [4.78, 5) is 23.0. The quantitative estimate of drug-likeness (QED) is 0.878. The van der Waals surface area contributed by atoms with Crippen LogP contribution >= 0.6 is 0 Å². The molecule has 98 valence electrons. The van der Waals surface area contributed by atoms with Crippen LogP contribution in [0.3, 0.4) is 0 Å². The zero-order valence-corrected chi connectivity index (χ0v) is 10.5. The van der Waals surface area contributed by atoms with Crippen LogP contribution < -0.4 is 5.32 Å². The van der Waals surface area contributed by atoms with Crippen LogP contribution in [0.15, 0.2) is 30.5 Å². The predicted molar refractivity (Wildman–Crippen MR) is 69.3 cm³/mol. The number of hydrogen-bond acceptors (Lipinski definition) is 3. The van der Waals surface area contributed by atoms with Crippen molar-refractivity contribution in [2.24, 2.45) is 7.05 Å². The van der Waals surface area contributed by atoms with Crippen molar-refractivity contribution in [1.82, 2.24) is 9.78 Å². The highest BCUT2D eigenvalue weighted by Crippen LogP contribution is 2.15. The van der Waals surface area contributed by atoms with Gasteiger partial charge < -0.3 is 10.4 Å². The van der Waals surface area contributed by atoms with Gasteiger partial charge in [-0.05, 0) is 19.1 Å². The van der Waals surface area contributed by atoms with Gasteiger partial charge in [-0.1, -0.05) is 17.7 Å². The number of aryl methyl sites for hydroxylation is 2. The minimum Gasteiger partial charge on any atom is -0.477 e. The first-order valence-electron chi connectivity index (χ1n) is 5.62. The maximum Gasteiger partial charge on any atom is 0.341 e. The van der Waals surface area contributed by atoms with E-state index >= 15 is 0 Å². The van der Waals surface area contributed by atoms with Crippen LogP contribution in [-0.4, -0.2) is 26.8 Å². The first-order chi connectivity index (χ1) is 8.99. The molecule has 0 atom stereocenters. The van der Waals surface area contributed by atoms with Gasteiger partial charge in [0.25, 0.3) is 5.91 Å². The number of aromatic carboxylic acids is 1. The van der Waals surface area contributed by atoms with Crippen molar-refractivity contribution in [3.8, 4) is 0 Å². The monoisotopic (exact) mass is 259 g/mol. The molecule has 2 N–H and O–H groups in total. The molecule has 6 heteroatoms. The van der Waals surface area contributed by atoms with Gasteiger partial charge in [0.05, 0.1) is 6.20 Å². The summed E-state index contributed by atoms with van der Waals surface area (Å²) in [7, 11) is 1.57. The topological polar surface area (TPSA) is 84.2 Å². The molecule has 1 amide bonds. The number of amides is 1. The molecule has 0 saturated carbocycles. The van der Waals surface area contributed by atoms with Gasteiger partial charge in [0.1, 0.15) is 11.4 Å². The number of hydrogen-bond donors (Lipinski definition) is 2. The Labute approximate surface area is 109 Å².